The monoisotopic (exact) mass is 165 g/mol. The summed E-state index contributed by atoms with van der Waals surface area (Å²) in [5.41, 5.74) is 6.28. The van der Waals surface area contributed by atoms with Gasteiger partial charge < -0.3 is 5.73 Å². The number of rotatable bonds is 0. The Morgan fingerprint density at radius 3 is 3.00 bits per heavy atom. The molecule has 0 aromatic rings. The van der Waals surface area contributed by atoms with Crippen LogP contribution in [0.1, 0.15) is 6.92 Å². The molecule has 0 saturated carbocycles. The highest BCUT2D eigenvalue weighted by Gasteiger charge is 2.33. The topological polar surface area (TPSA) is 92.2 Å². The van der Waals surface area contributed by atoms with Gasteiger partial charge in [-0.25, -0.2) is 4.79 Å². The average Bonchev–Trinajstić information content (AvgIpc) is 2.31. The van der Waals surface area contributed by atoms with Crippen LogP contribution in [-0.4, -0.2) is 23.4 Å². The summed E-state index contributed by atoms with van der Waals surface area (Å²) >= 11 is 0. The van der Waals surface area contributed by atoms with Gasteiger partial charge in [0.2, 0.25) is 0 Å². The van der Waals surface area contributed by atoms with Crippen molar-refractivity contribution in [1.82, 2.24) is 5.32 Å². The Morgan fingerprint density at radius 2 is 2.25 bits per heavy atom. The fraction of sp³-hybridized carbons (Fsp3) is 0.333. The number of carbonyl (C=O) groups excluding carboxylic acids is 1. The molecule has 3 N–H and O–H groups in total. The van der Waals surface area contributed by atoms with E-state index in [1.165, 1.54) is 0 Å². The molecule has 0 aromatic carbocycles. The van der Waals surface area contributed by atoms with Crippen LogP contribution in [0.25, 0.3) is 0 Å². The van der Waals surface area contributed by atoms with E-state index in [9.17, 15) is 4.79 Å². The summed E-state index contributed by atoms with van der Waals surface area (Å²) in [6.07, 6.45) is 0. The van der Waals surface area contributed by atoms with Gasteiger partial charge in [-0.3, -0.25) is 5.32 Å². The number of aliphatic imine (C=N–C) groups is 1. The summed E-state index contributed by atoms with van der Waals surface area (Å²) in [7, 11) is 0. The lowest BCUT2D eigenvalue weighted by Crippen LogP contribution is -2.47. The van der Waals surface area contributed by atoms with Gasteiger partial charge in [0, 0.05) is 0 Å². The van der Waals surface area contributed by atoms with Crippen molar-refractivity contribution < 1.29 is 4.79 Å². The molecule has 2 aliphatic rings. The number of hydrogen-bond acceptors (Lipinski definition) is 4. The lowest BCUT2D eigenvalue weighted by molar-refractivity contribution is 0.252. The van der Waals surface area contributed by atoms with Crippen molar-refractivity contribution in [1.29, 1.82) is 0 Å². The van der Waals surface area contributed by atoms with Crippen molar-refractivity contribution in [3.05, 3.63) is 0 Å². The molecule has 0 spiro atoms. The van der Waals surface area contributed by atoms with E-state index in [1.54, 1.807) is 6.92 Å². The van der Waals surface area contributed by atoms with E-state index in [0.717, 1.165) is 5.71 Å². The van der Waals surface area contributed by atoms with Crippen LogP contribution in [0.4, 0.5) is 4.79 Å². The second kappa shape index (κ2) is 2.13. The molecule has 1 unspecified atom stereocenters. The van der Waals surface area contributed by atoms with Gasteiger partial charge in [0.1, 0.15) is 17.6 Å². The van der Waals surface area contributed by atoms with Gasteiger partial charge in [-0.2, -0.15) is 10.1 Å². The first-order valence-electron chi connectivity index (χ1n) is 3.45. The summed E-state index contributed by atoms with van der Waals surface area (Å²) in [6.45, 7) is 1.79. The van der Waals surface area contributed by atoms with Gasteiger partial charge in [-0.1, -0.05) is 0 Å². The fourth-order valence-electron chi connectivity index (χ4n) is 1.22. The summed E-state index contributed by atoms with van der Waals surface area (Å²) in [5.74, 6) is 0.518. The van der Waals surface area contributed by atoms with Crippen molar-refractivity contribution in [2.24, 2.45) is 26.8 Å². The Labute approximate surface area is 68.3 Å². The molecule has 1 atom stereocenters. The minimum atomic E-state index is -0.479. The van der Waals surface area contributed by atoms with Crippen LogP contribution < -0.4 is 11.1 Å². The molecular formula is C6H7N5O. The van der Waals surface area contributed by atoms with Crippen LogP contribution in [0, 0.1) is 5.92 Å². The minimum Gasteiger partial charge on any atom is -0.386 e. The predicted octanol–water partition coefficient (Wildman–Crippen LogP) is -0.529. The molecule has 0 saturated heterocycles. The van der Waals surface area contributed by atoms with E-state index in [0.29, 0.717) is 5.84 Å². The second-order valence-electron chi connectivity index (χ2n) is 2.63. The van der Waals surface area contributed by atoms with Crippen LogP contribution in [0.15, 0.2) is 15.2 Å². The van der Waals surface area contributed by atoms with E-state index in [-0.39, 0.29) is 11.8 Å². The Kier molecular flexibility index (Phi) is 1.24. The number of amides is 2. The zero-order valence-electron chi connectivity index (χ0n) is 6.40. The number of amidine groups is 2. The highest BCUT2D eigenvalue weighted by atomic mass is 16.2. The minimum absolute atomic E-state index is 0.220. The van der Waals surface area contributed by atoms with Gasteiger partial charge in [-0.15, -0.1) is 5.10 Å². The summed E-state index contributed by atoms with van der Waals surface area (Å²) in [6, 6.07) is -0.479. The van der Waals surface area contributed by atoms with Crippen molar-refractivity contribution in [3.8, 4) is 0 Å². The standard InChI is InChI=1S/C6H7N5O/c1-2-3-4(7)8-6(12)9-5(3)11-10-2/h3H,1H3,(H3,7,8,9,11,12). The Morgan fingerprint density at radius 1 is 1.50 bits per heavy atom. The number of nitrogens with zero attached hydrogens (tertiary/aromatic N) is 3. The van der Waals surface area contributed by atoms with E-state index >= 15 is 0 Å². The maximum Gasteiger partial charge on any atom is 0.348 e. The van der Waals surface area contributed by atoms with E-state index < -0.39 is 6.03 Å². The third kappa shape index (κ3) is 0.810. The average molecular weight is 165 g/mol. The maximum atomic E-state index is 10.8. The Balaban J connectivity index is 2.43. The molecule has 0 fully saturated rings. The van der Waals surface area contributed by atoms with Crippen molar-refractivity contribution >= 4 is 23.4 Å². The molecule has 2 heterocycles. The third-order valence-electron chi connectivity index (χ3n) is 1.77. The van der Waals surface area contributed by atoms with Gasteiger partial charge in [0.25, 0.3) is 0 Å². The molecule has 2 rings (SSSR count). The van der Waals surface area contributed by atoms with Gasteiger partial charge in [-0.05, 0) is 6.92 Å². The molecule has 6 heteroatoms. The first-order valence-corrected chi connectivity index (χ1v) is 3.45. The smallest absolute Gasteiger partial charge is 0.348 e. The fourth-order valence-corrected chi connectivity index (χ4v) is 1.22. The molecule has 2 aliphatic heterocycles. The maximum absolute atomic E-state index is 10.8. The molecule has 12 heavy (non-hydrogen) atoms. The number of fused-ring (bicyclic) bond motifs is 1. The number of urea groups is 1. The number of nitrogens with one attached hydrogen (secondary N) is 1. The Hall–Kier alpha value is -1.72. The molecule has 0 radical (unpaired) electrons. The lowest BCUT2D eigenvalue weighted by Gasteiger charge is -2.16. The van der Waals surface area contributed by atoms with Crippen LogP contribution in [-0.2, 0) is 0 Å². The van der Waals surface area contributed by atoms with Crippen LogP contribution in [0.5, 0.6) is 0 Å². The highest BCUT2D eigenvalue weighted by Crippen LogP contribution is 2.13. The number of nitrogens with two attached hydrogens (primary N) is 1. The predicted molar refractivity (Wildman–Crippen MR) is 44.2 cm³/mol. The van der Waals surface area contributed by atoms with Crippen molar-refractivity contribution in [2.75, 3.05) is 0 Å². The van der Waals surface area contributed by atoms with Gasteiger partial charge in [0.15, 0.2) is 0 Å². The van der Waals surface area contributed by atoms with E-state index in [2.05, 4.69) is 20.5 Å². The molecule has 0 bridgehead atoms. The largest absolute Gasteiger partial charge is 0.386 e. The molecule has 62 valence electrons. The quantitative estimate of drug-likeness (QED) is 0.505. The number of hydrogen-bond donors (Lipinski definition) is 2. The van der Waals surface area contributed by atoms with Crippen LogP contribution >= 0.6 is 0 Å². The third-order valence-corrected chi connectivity index (χ3v) is 1.77. The Bertz CT molecular complexity index is 340. The summed E-state index contributed by atoms with van der Waals surface area (Å²) in [4.78, 5) is 14.4. The van der Waals surface area contributed by atoms with Crippen LogP contribution in [0.2, 0.25) is 0 Å². The first-order chi connectivity index (χ1) is 5.68. The SMILES string of the molecule is CC1=NN=C2NC(=O)N=C(N)C12. The van der Waals surface area contributed by atoms with Crippen molar-refractivity contribution in [2.45, 2.75) is 6.92 Å². The molecule has 0 aromatic heterocycles. The number of carbonyl (C=O) groups is 1. The summed E-state index contributed by atoms with van der Waals surface area (Å²) in [5, 5.41) is 10.0. The van der Waals surface area contributed by atoms with Crippen molar-refractivity contribution in [3.63, 3.8) is 0 Å². The highest BCUT2D eigenvalue weighted by molar-refractivity contribution is 6.29. The first kappa shape index (κ1) is 6.96. The summed E-state index contributed by atoms with van der Waals surface area (Å²) < 4.78 is 0. The van der Waals surface area contributed by atoms with Gasteiger partial charge >= 0.3 is 6.03 Å². The lowest BCUT2D eigenvalue weighted by atomic mass is 10.0. The molecule has 2 amide bonds. The van der Waals surface area contributed by atoms with E-state index in [4.69, 9.17) is 5.73 Å². The van der Waals surface area contributed by atoms with E-state index in [1.807, 2.05) is 0 Å². The molecular weight excluding hydrogens is 158 g/mol. The zero-order chi connectivity index (χ0) is 8.72. The molecule has 0 aliphatic carbocycles. The normalized spacial score (nSPS) is 26.9. The molecule has 6 nitrogen and oxygen atoms in total. The van der Waals surface area contributed by atoms with Crippen LogP contribution in [0.3, 0.4) is 0 Å². The van der Waals surface area contributed by atoms with Gasteiger partial charge in [0.05, 0.1) is 5.71 Å². The zero-order valence-corrected chi connectivity index (χ0v) is 6.40. The second-order valence-corrected chi connectivity index (χ2v) is 2.63.